The lowest BCUT2D eigenvalue weighted by molar-refractivity contribution is -0.141. The van der Waals surface area contributed by atoms with Gasteiger partial charge in [-0.15, -0.1) is 0 Å². The number of anilines is 1. The summed E-state index contributed by atoms with van der Waals surface area (Å²) >= 11 is 3.06. The van der Waals surface area contributed by atoms with Gasteiger partial charge in [-0.1, -0.05) is 0 Å². The van der Waals surface area contributed by atoms with E-state index in [0.717, 1.165) is 0 Å². The zero-order valence-corrected chi connectivity index (χ0v) is 10.2. The van der Waals surface area contributed by atoms with Crippen molar-refractivity contribution in [3.8, 4) is 0 Å². The second-order valence-electron chi connectivity index (χ2n) is 3.76. The summed E-state index contributed by atoms with van der Waals surface area (Å²) in [6, 6.07) is 0. The molecule has 2 heterocycles. The number of hydrogen-bond donors (Lipinski definition) is 2. The van der Waals surface area contributed by atoms with Crippen LogP contribution in [0.25, 0.3) is 0 Å². The van der Waals surface area contributed by atoms with Gasteiger partial charge in [0, 0.05) is 25.4 Å². The topological polar surface area (TPSA) is 90.5 Å². The highest BCUT2D eigenvalue weighted by molar-refractivity contribution is 9.10. The van der Waals surface area contributed by atoms with Gasteiger partial charge in [0.15, 0.2) is 0 Å². The number of rotatable bonds is 2. The maximum atomic E-state index is 11.8. The fourth-order valence-electron chi connectivity index (χ4n) is 1.75. The van der Waals surface area contributed by atoms with Crippen LogP contribution in [-0.2, 0) is 9.59 Å². The first-order chi connectivity index (χ1) is 8.00. The third kappa shape index (κ3) is 2.10. The number of carboxylic acid groups (broad SMARTS) is 1. The van der Waals surface area contributed by atoms with Gasteiger partial charge >= 0.3 is 5.97 Å². The van der Waals surface area contributed by atoms with E-state index in [1.165, 1.54) is 17.3 Å². The molecule has 0 aromatic carbocycles. The van der Waals surface area contributed by atoms with Gasteiger partial charge in [0.2, 0.25) is 11.3 Å². The van der Waals surface area contributed by atoms with Crippen LogP contribution in [0.1, 0.15) is 6.42 Å². The lowest BCUT2D eigenvalue weighted by Gasteiger charge is -2.14. The van der Waals surface area contributed by atoms with Crippen molar-refractivity contribution in [3.05, 3.63) is 27.1 Å². The van der Waals surface area contributed by atoms with Crippen LogP contribution < -0.4 is 10.3 Å². The van der Waals surface area contributed by atoms with Crippen molar-refractivity contribution in [2.45, 2.75) is 6.42 Å². The first-order valence-corrected chi connectivity index (χ1v) is 5.69. The number of pyridine rings is 1. The molecule has 0 bridgehead atoms. The minimum absolute atomic E-state index is 0.0354. The summed E-state index contributed by atoms with van der Waals surface area (Å²) < 4.78 is 0.307. The van der Waals surface area contributed by atoms with Crippen LogP contribution in [0.5, 0.6) is 0 Å². The Morgan fingerprint density at radius 2 is 2.18 bits per heavy atom. The SMILES string of the molecule is O=C(O)C1CC(=O)N(c2c[nH]cc(Br)c2=O)C1. The Bertz CT molecular complexity index is 539. The third-order valence-electron chi connectivity index (χ3n) is 2.64. The van der Waals surface area contributed by atoms with Crippen LogP contribution in [0.4, 0.5) is 5.69 Å². The van der Waals surface area contributed by atoms with E-state index in [0.29, 0.717) is 4.47 Å². The summed E-state index contributed by atoms with van der Waals surface area (Å²) in [6.45, 7) is 0.0354. The minimum Gasteiger partial charge on any atom is -0.481 e. The predicted molar refractivity (Wildman–Crippen MR) is 62.9 cm³/mol. The number of aromatic nitrogens is 1. The predicted octanol–water partition coefficient (Wildman–Crippen LogP) is 0.575. The van der Waals surface area contributed by atoms with Crippen LogP contribution in [0.3, 0.4) is 0 Å². The molecule has 0 aliphatic carbocycles. The fraction of sp³-hybridized carbons (Fsp3) is 0.300. The number of nitrogens with one attached hydrogen (secondary N) is 1. The summed E-state index contributed by atoms with van der Waals surface area (Å²) in [5.74, 6) is -2.12. The molecule has 17 heavy (non-hydrogen) atoms. The molecule has 0 spiro atoms. The molecule has 1 saturated heterocycles. The van der Waals surface area contributed by atoms with Gasteiger partial charge in [-0.05, 0) is 15.9 Å². The van der Waals surface area contributed by atoms with Gasteiger partial charge < -0.3 is 15.0 Å². The van der Waals surface area contributed by atoms with E-state index in [-0.39, 0.29) is 30.0 Å². The Morgan fingerprint density at radius 3 is 2.76 bits per heavy atom. The van der Waals surface area contributed by atoms with E-state index in [1.807, 2.05) is 0 Å². The Morgan fingerprint density at radius 1 is 1.47 bits per heavy atom. The molecule has 1 fully saturated rings. The Hall–Kier alpha value is -1.63. The molecule has 1 atom stereocenters. The maximum absolute atomic E-state index is 11.8. The summed E-state index contributed by atoms with van der Waals surface area (Å²) in [5.41, 5.74) is -0.156. The van der Waals surface area contributed by atoms with Gasteiger partial charge in [0.1, 0.15) is 5.69 Å². The Kier molecular flexibility index (Phi) is 3.01. The van der Waals surface area contributed by atoms with Crippen LogP contribution in [0.15, 0.2) is 21.7 Å². The second kappa shape index (κ2) is 4.33. The van der Waals surface area contributed by atoms with Crippen LogP contribution in [0.2, 0.25) is 0 Å². The third-order valence-corrected chi connectivity index (χ3v) is 3.23. The molecule has 0 saturated carbocycles. The number of nitrogens with zero attached hydrogens (tertiary/aromatic N) is 1. The molecule has 2 rings (SSSR count). The van der Waals surface area contributed by atoms with E-state index in [1.54, 1.807) is 0 Å². The van der Waals surface area contributed by atoms with Crippen LogP contribution >= 0.6 is 15.9 Å². The lowest BCUT2D eigenvalue weighted by atomic mass is 10.1. The van der Waals surface area contributed by atoms with Crippen molar-refractivity contribution < 1.29 is 14.7 Å². The minimum atomic E-state index is -1.02. The maximum Gasteiger partial charge on any atom is 0.308 e. The fourth-order valence-corrected chi connectivity index (χ4v) is 2.09. The highest BCUT2D eigenvalue weighted by Gasteiger charge is 2.36. The van der Waals surface area contributed by atoms with E-state index in [4.69, 9.17) is 5.11 Å². The van der Waals surface area contributed by atoms with Gasteiger partial charge in [-0.3, -0.25) is 14.4 Å². The molecule has 0 radical (unpaired) electrons. The number of H-pyrrole nitrogens is 1. The summed E-state index contributed by atoms with van der Waals surface area (Å²) in [4.78, 5) is 38.2. The molecular formula is C10H9BrN2O4. The number of carbonyl (C=O) groups excluding carboxylic acids is 1. The van der Waals surface area contributed by atoms with Crippen molar-refractivity contribution in [2.75, 3.05) is 11.4 Å². The zero-order chi connectivity index (χ0) is 12.6. The average molecular weight is 301 g/mol. The number of carboxylic acids is 1. The van der Waals surface area contributed by atoms with Crippen molar-refractivity contribution >= 4 is 33.5 Å². The summed E-state index contributed by atoms with van der Waals surface area (Å²) in [5, 5.41) is 8.85. The number of aliphatic carboxylic acids is 1. The van der Waals surface area contributed by atoms with Crippen LogP contribution in [-0.4, -0.2) is 28.5 Å². The van der Waals surface area contributed by atoms with Crippen molar-refractivity contribution in [2.24, 2.45) is 5.92 Å². The first-order valence-electron chi connectivity index (χ1n) is 4.90. The molecule has 6 nitrogen and oxygen atoms in total. The molecule has 90 valence electrons. The number of amides is 1. The van der Waals surface area contributed by atoms with Gasteiger partial charge in [-0.25, -0.2) is 0 Å². The standard InChI is InChI=1S/C10H9BrN2O4/c11-6-2-12-3-7(9(6)15)13-4-5(10(16)17)1-8(13)14/h2-3,5H,1,4H2,(H,12,15)(H,16,17). The number of halogens is 1. The second-order valence-corrected chi connectivity index (χ2v) is 4.62. The van der Waals surface area contributed by atoms with Gasteiger partial charge in [0.05, 0.1) is 10.4 Å². The smallest absolute Gasteiger partial charge is 0.308 e. The van der Waals surface area contributed by atoms with Gasteiger partial charge in [0.25, 0.3) is 0 Å². The van der Waals surface area contributed by atoms with E-state index >= 15 is 0 Å². The molecule has 1 amide bonds. The highest BCUT2D eigenvalue weighted by Crippen LogP contribution is 2.23. The molecule has 1 aliphatic rings. The van der Waals surface area contributed by atoms with Gasteiger partial charge in [-0.2, -0.15) is 0 Å². The highest BCUT2D eigenvalue weighted by atomic mass is 79.9. The molecule has 7 heteroatoms. The molecule has 1 aromatic rings. The molecule has 1 aromatic heterocycles. The number of carbonyl (C=O) groups is 2. The molecule has 2 N–H and O–H groups in total. The Balaban J connectivity index is 2.36. The number of aromatic amines is 1. The van der Waals surface area contributed by atoms with Crippen molar-refractivity contribution in [1.82, 2.24) is 4.98 Å². The normalized spacial score (nSPS) is 19.7. The zero-order valence-electron chi connectivity index (χ0n) is 8.64. The summed E-state index contributed by atoms with van der Waals surface area (Å²) in [6.07, 6.45) is 2.79. The van der Waals surface area contributed by atoms with E-state index < -0.39 is 11.9 Å². The quantitative estimate of drug-likeness (QED) is 0.836. The molecule has 1 aliphatic heterocycles. The van der Waals surface area contributed by atoms with E-state index in [2.05, 4.69) is 20.9 Å². The number of hydrogen-bond acceptors (Lipinski definition) is 3. The lowest BCUT2D eigenvalue weighted by Crippen LogP contribution is -2.30. The molecular weight excluding hydrogens is 292 g/mol. The first kappa shape index (κ1) is 11.8. The largest absolute Gasteiger partial charge is 0.481 e. The van der Waals surface area contributed by atoms with Crippen molar-refractivity contribution in [3.63, 3.8) is 0 Å². The monoisotopic (exact) mass is 300 g/mol. The van der Waals surface area contributed by atoms with E-state index in [9.17, 15) is 14.4 Å². The van der Waals surface area contributed by atoms with Crippen LogP contribution in [0, 0.1) is 5.92 Å². The van der Waals surface area contributed by atoms with Crippen molar-refractivity contribution in [1.29, 1.82) is 0 Å². The Labute approximate surface area is 104 Å². The average Bonchev–Trinajstić information content (AvgIpc) is 2.65. The molecule has 1 unspecified atom stereocenters. The summed E-state index contributed by atoms with van der Waals surface area (Å²) in [7, 11) is 0.